The molecule has 0 aliphatic heterocycles. The second-order valence-corrected chi connectivity index (χ2v) is 7.35. The van der Waals surface area contributed by atoms with E-state index in [9.17, 15) is 9.59 Å². The highest BCUT2D eigenvalue weighted by atomic mass is 32.2. The Morgan fingerprint density at radius 3 is 2.81 bits per heavy atom. The Hall–Kier alpha value is -1.60. The lowest BCUT2D eigenvalue weighted by atomic mass is 10.1. The van der Waals surface area contributed by atoms with Gasteiger partial charge in [-0.05, 0) is 25.0 Å². The van der Waals surface area contributed by atoms with E-state index < -0.39 is 11.4 Å². The Morgan fingerprint density at radius 2 is 2.14 bits per heavy atom. The number of hydrogen-bond acceptors (Lipinski definition) is 5. The van der Waals surface area contributed by atoms with Gasteiger partial charge >= 0.3 is 5.97 Å². The number of amides is 1. The van der Waals surface area contributed by atoms with Crippen LogP contribution in [0.1, 0.15) is 12.8 Å². The van der Waals surface area contributed by atoms with E-state index in [1.807, 2.05) is 24.3 Å². The molecule has 2 aromatic rings. The Labute approximate surface area is 129 Å². The molecule has 1 saturated carbocycles. The molecule has 0 saturated heterocycles. The number of aromatic nitrogens is 1. The topological polar surface area (TPSA) is 79.3 Å². The summed E-state index contributed by atoms with van der Waals surface area (Å²) in [5.74, 6) is -0.705. The van der Waals surface area contributed by atoms with Gasteiger partial charge < -0.3 is 10.4 Å². The minimum Gasteiger partial charge on any atom is -0.481 e. The van der Waals surface area contributed by atoms with Crippen LogP contribution in [-0.4, -0.2) is 34.3 Å². The maximum atomic E-state index is 11.8. The van der Waals surface area contributed by atoms with Crippen LogP contribution in [0.4, 0.5) is 0 Å². The van der Waals surface area contributed by atoms with Crippen molar-refractivity contribution >= 4 is 45.2 Å². The van der Waals surface area contributed by atoms with Gasteiger partial charge in [-0.2, -0.15) is 0 Å². The van der Waals surface area contributed by atoms with Crippen LogP contribution >= 0.6 is 23.1 Å². The van der Waals surface area contributed by atoms with Crippen molar-refractivity contribution in [2.45, 2.75) is 17.2 Å². The van der Waals surface area contributed by atoms with Crippen molar-refractivity contribution in [3.63, 3.8) is 0 Å². The summed E-state index contributed by atoms with van der Waals surface area (Å²) in [5.41, 5.74) is 0.226. The van der Waals surface area contributed by atoms with Crippen LogP contribution in [0.25, 0.3) is 10.2 Å². The van der Waals surface area contributed by atoms with Gasteiger partial charge in [0.2, 0.25) is 5.91 Å². The Bertz CT molecular complexity index is 661. The van der Waals surface area contributed by atoms with Crippen LogP contribution in [0.2, 0.25) is 0 Å². The zero-order chi connectivity index (χ0) is 14.9. The largest absolute Gasteiger partial charge is 0.481 e. The van der Waals surface area contributed by atoms with Crippen LogP contribution in [0.15, 0.2) is 28.6 Å². The van der Waals surface area contributed by atoms with Gasteiger partial charge in [0.25, 0.3) is 0 Å². The van der Waals surface area contributed by atoms with E-state index in [0.717, 1.165) is 14.6 Å². The molecule has 1 aliphatic carbocycles. The fourth-order valence-electron chi connectivity index (χ4n) is 1.98. The molecule has 5 nitrogen and oxygen atoms in total. The number of carboxylic acids is 1. The molecule has 1 fully saturated rings. The summed E-state index contributed by atoms with van der Waals surface area (Å²) in [6.45, 7) is 0.224. The number of carbonyl (C=O) groups is 2. The number of carbonyl (C=O) groups excluding carboxylic acids is 1. The van der Waals surface area contributed by atoms with Gasteiger partial charge in [0, 0.05) is 6.54 Å². The number of rotatable bonds is 6. The van der Waals surface area contributed by atoms with Gasteiger partial charge in [-0.3, -0.25) is 9.59 Å². The zero-order valence-corrected chi connectivity index (χ0v) is 12.8. The first-order valence-electron chi connectivity index (χ1n) is 6.58. The third kappa shape index (κ3) is 3.19. The van der Waals surface area contributed by atoms with Crippen LogP contribution < -0.4 is 5.32 Å². The van der Waals surface area contributed by atoms with Gasteiger partial charge in [0.15, 0.2) is 4.34 Å². The van der Waals surface area contributed by atoms with Crippen molar-refractivity contribution in [1.82, 2.24) is 10.3 Å². The molecule has 1 aliphatic rings. The van der Waals surface area contributed by atoms with E-state index >= 15 is 0 Å². The first kappa shape index (κ1) is 14.3. The highest BCUT2D eigenvalue weighted by Gasteiger charge is 2.50. The molecule has 3 rings (SSSR count). The van der Waals surface area contributed by atoms with Crippen molar-refractivity contribution < 1.29 is 14.7 Å². The molecule has 1 heterocycles. The number of benzene rings is 1. The fraction of sp³-hybridized carbons (Fsp3) is 0.357. The lowest BCUT2D eigenvalue weighted by Gasteiger charge is -2.10. The van der Waals surface area contributed by atoms with E-state index in [2.05, 4.69) is 10.3 Å². The molecule has 0 spiro atoms. The van der Waals surface area contributed by atoms with Gasteiger partial charge in [0.05, 0.1) is 21.4 Å². The SMILES string of the molecule is O=C(CSc1nc2ccccc2s1)NCC1(C(=O)O)CC1. The third-order valence-electron chi connectivity index (χ3n) is 3.53. The number of fused-ring (bicyclic) bond motifs is 1. The number of hydrogen-bond donors (Lipinski definition) is 2. The second-order valence-electron chi connectivity index (χ2n) is 5.10. The number of nitrogens with one attached hydrogen (secondary N) is 1. The van der Waals surface area contributed by atoms with E-state index in [-0.39, 0.29) is 18.2 Å². The summed E-state index contributed by atoms with van der Waals surface area (Å²) in [7, 11) is 0. The average Bonchev–Trinajstić information content (AvgIpc) is 3.15. The van der Waals surface area contributed by atoms with Crippen molar-refractivity contribution in [3.05, 3.63) is 24.3 Å². The summed E-state index contributed by atoms with van der Waals surface area (Å²) < 4.78 is 1.95. The Kier molecular flexibility index (Phi) is 3.86. The van der Waals surface area contributed by atoms with Crippen molar-refractivity contribution in [2.24, 2.45) is 5.41 Å². The molecule has 0 atom stereocenters. The first-order valence-corrected chi connectivity index (χ1v) is 8.38. The molecule has 0 bridgehead atoms. The molecular weight excluding hydrogens is 308 g/mol. The van der Waals surface area contributed by atoms with Gasteiger partial charge in [0.1, 0.15) is 0 Å². The average molecular weight is 322 g/mol. The Morgan fingerprint density at radius 1 is 1.38 bits per heavy atom. The smallest absolute Gasteiger partial charge is 0.311 e. The maximum Gasteiger partial charge on any atom is 0.311 e. The van der Waals surface area contributed by atoms with Gasteiger partial charge in [-0.1, -0.05) is 23.9 Å². The molecule has 1 aromatic heterocycles. The van der Waals surface area contributed by atoms with E-state index in [1.54, 1.807) is 11.3 Å². The van der Waals surface area contributed by atoms with Crippen molar-refractivity contribution in [1.29, 1.82) is 0 Å². The normalized spacial score (nSPS) is 15.8. The lowest BCUT2D eigenvalue weighted by molar-refractivity contribution is -0.143. The number of aliphatic carboxylic acids is 1. The lowest BCUT2D eigenvalue weighted by Crippen LogP contribution is -2.35. The van der Waals surface area contributed by atoms with Gasteiger partial charge in [-0.15, -0.1) is 11.3 Å². The highest BCUT2D eigenvalue weighted by molar-refractivity contribution is 8.01. The highest BCUT2D eigenvalue weighted by Crippen LogP contribution is 2.45. The summed E-state index contributed by atoms with van der Waals surface area (Å²) in [4.78, 5) is 27.2. The van der Waals surface area contributed by atoms with E-state index in [4.69, 9.17) is 5.11 Å². The molecule has 1 aromatic carbocycles. The second kappa shape index (κ2) is 5.65. The monoisotopic (exact) mass is 322 g/mol. The third-order valence-corrected chi connectivity index (χ3v) is 5.71. The number of carboxylic acid groups (broad SMARTS) is 1. The minimum atomic E-state index is -0.818. The van der Waals surface area contributed by atoms with Gasteiger partial charge in [-0.25, -0.2) is 4.98 Å². The molecule has 0 unspecified atom stereocenters. The van der Waals surface area contributed by atoms with E-state index in [0.29, 0.717) is 12.8 Å². The number of nitrogens with zero attached hydrogens (tertiary/aromatic N) is 1. The summed E-state index contributed by atoms with van der Waals surface area (Å²) >= 11 is 2.94. The van der Waals surface area contributed by atoms with Crippen LogP contribution in [0, 0.1) is 5.41 Å². The molecule has 1 amide bonds. The summed E-state index contributed by atoms with van der Waals surface area (Å²) in [5, 5.41) is 11.7. The predicted octanol–water partition coefficient (Wildman–Crippen LogP) is 2.37. The first-order chi connectivity index (χ1) is 10.1. The molecule has 0 radical (unpaired) electrons. The maximum absolute atomic E-state index is 11.8. The molecule has 2 N–H and O–H groups in total. The fourth-order valence-corrected chi connectivity index (χ4v) is 3.87. The van der Waals surface area contributed by atoms with Crippen molar-refractivity contribution in [3.8, 4) is 0 Å². The number of para-hydroxylation sites is 1. The van der Waals surface area contributed by atoms with Crippen LogP contribution in [-0.2, 0) is 9.59 Å². The molecule has 110 valence electrons. The summed E-state index contributed by atoms with van der Waals surface area (Å²) in [6.07, 6.45) is 1.29. The number of thiazole rings is 1. The summed E-state index contributed by atoms with van der Waals surface area (Å²) in [6, 6.07) is 7.84. The quantitative estimate of drug-likeness (QED) is 0.798. The zero-order valence-electron chi connectivity index (χ0n) is 11.2. The van der Waals surface area contributed by atoms with Crippen LogP contribution in [0.5, 0.6) is 0 Å². The van der Waals surface area contributed by atoms with Crippen LogP contribution in [0.3, 0.4) is 0 Å². The predicted molar refractivity (Wildman–Crippen MR) is 82.7 cm³/mol. The van der Waals surface area contributed by atoms with E-state index in [1.165, 1.54) is 11.8 Å². The minimum absolute atomic E-state index is 0.146. The molecule has 7 heteroatoms. The molecular formula is C14H14N2O3S2. The number of thioether (sulfide) groups is 1. The van der Waals surface area contributed by atoms with Crippen molar-refractivity contribution in [2.75, 3.05) is 12.3 Å². The molecule has 21 heavy (non-hydrogen) atoms. The standard InChI is InChI=1S/C14H14N2O3S2/c17-11(15-8-14(5-6-14)12(18)19)7-20-13-16-9-3-1-2-4-10(9)21-13/h1-4H,5-8H2,(H,15,17)(H,18,19). The Balaban J connectivity index is 1.50.